The maximum absolute atomic E-state index is 12.7. The van der Waals surface area contributed by atoms with Crippen LogP contribution in [0.2, 0.25) is 0 Å². The molecule has 5 rings (SSSR count). The number of carbonyl (C=O) groups excluding carboxylic acids is 1. The lowest BCUT2D eigenvalue weighted by molar-refractivity contribution is -0.218. The average Bonchev–Trinajstić information content (AvgIpc) is 2.88. The van der Waals surface area contributed by atoms with Gasteiger partial charge in [-0.15, -0.1) is 0 Å². The molecule has 35 heavy (non-hydrogen) atoms. The third kappa shape index (κ3) is 5.26. The summed E-state index contributed by atoms with van der Waals surface area (Å²) in [4.78, 5) is 12.7. The molecule has 0 unspecified atom stereocenters. The van der Waals surface area contributed by atoms with Crippen LogP contribution in [0.3, 0.4) is 0 Å². The van der Waals surface area contributed by atoms with Crippen molar-refractivity contribution in [2.24, 2.45) is 0 Å². The van der Waals surface area contributed by atoms with Crippen LogP contribution in [0.15, 0.2) is 60.7 Å². The van der Waals surface area contributed by atoms with E-state index < -0.39 is 5.79 Å². The molecule has 3 aromatic carbocycles. The number of methoxy groups -OCH3 is 2. The molecule has 2 aliphatic rings. The summed E-state index contributed by atoms with van der Waals surface area (Å²) < 4.78 is 23.0. The van der Waals surface area contributed by atoms with E-state index in [9.17, 15) is 4.79 Å². The van der Waals surface area contributed by atoms with E-state index in [1.54, 1.807) is 20.3 Å². The molecule has 2 N–H and O–H groups in total. The SMILES string of the molecule is COc1cc(CC(=O)Nc2cccc(-c3ccc4c(c3)COC3(CCNCC3)O4)c2)cc(OC)c1. The van der Waals surface area contributed by atoms with E-state index in [0.29, 0.717) is 18.1 Å². The molecule has 3 aromatic rings. The minimum absolute atomic E-state index is 0.114. The second-order valence-electron chi connectivity index (χ2n) is 8.90. The zero-order chi connectivity index (χ0) is 24.3. The van der Waals surface area contributed by atoms with Gasteiger partial charge in [-0.05, 0) is 53.1 Å². The normalized spacial score (nSPS) is 16.2. The molecule has 0 aliphatic carbocycles. The highest BCUT2D eigenvalue weighted by atomic mass is 16.7. The van der Waals surface area contributed by atoms with Crippen LogP contribution in [0, 0.1) is 0 Å². The molecule has 0 radical (unpaired) electrons. The number of benzene rings is 3. The van der Waals surface area contributed by atoms with Crippen molar-refractivity contribution in [1.29, 1.82) is 0 Å². The van der Waals surface area contributed by atoms with Gasteiger partial charge in [0.1, 0.15) is 17.2 Å². The molecule has 2 aliphatic heterocycles. The van der Waals surface area contributed by atoms with Crippen LogP contribution < -0.4 is 24.8 Å². The third-order valence-electron chi connectivity index (χ3n) is 6.47. The van der Waals surface area contributed by atoms with E-state index >= 15 is 0 Å². The van der Waals surface area contributed by atoms with Gasteiger partial charge in [0.15, 0.2) is 0 Å². The van der Waals surface area contributed by atoms with Crippen molar-refractivity contribution in [3.8, 4) is 28.4 Å². The van der Waals surface area contributed by atoms with Gasteiger partial charge in [-0.1, -0.05) is 18.2 Å². The Morgan fingerprint density at radius 2 is 1.71 bits per heavy atom. The number of anilines is 1. The number of fused-ring (bicyclic) bond motifs is 1. The van der Waals surface area contributed by atoms with Crippen molar-refractivity contribution < 1.29 is 23.7 Å². The van der Waals surface area contributed by atoms with Crippen molar-refractivity contribution in [1.82, 2.24) is 5.32 Å². The van der Waals surface area contributed by atoms with Gasteiger partial charge in [0.25, 0.3) is 0 Å². The molecule has 2 heterocycles. The monoisotopic (exact) mass is 474 g/mol. The Labute approximate surface area is 205 Å². The Morgan fingerprint density at radius 1 is 0.971 bits per heavy atom. The van der Waals surface area contributed by atoms with Gasteiger partial charge < -0.3 is 29.6 Å². The second-order valence-corrected chi connectivity index (χ2v) is 8.90. The van der Waals surface area contributed by atoms with E-state index in [-0.39, 0.29) is 12.3 Å². The summed E-state index contributed by atoms with van der Waals surface area (Å²) in [5, 5.41) is 6.35. The molecular formula is C28H30N2O5. The smallest absolute Gasteiger partial charge is 0.228 e. The molecule has 0 aromatic heterocycles. The fourth-order valence-corrected chi connectivity index (χ4v) is 4.60. The van der Waals surface area contributed by atoms with Crippen LogP contribution >= 0.6 is 0 Å². The first-order valence-electron chi connectivity index (χ1n) is 11.8. The number of rotatable bonds is 6. The number of carbonyl (C=O) groups is 1. The highest BCUT2D eigenvalue weighted by Crippen LogP contribution is 2.38. The molecule has 0 bridgehead atoms. The summed E-state index contributed by atoms with van der Waals surface area (Å²) in [6.45, 7) is 2.33. The standard InChI is InChI=1S/C28H30N2O5/c1-32-24-12-19(13-25(17-24)33-2)14-27(31)30-23-5-3-4-20(16-23)21-6-7-26-22(15-21)18-34-28(35-26)8-10-29-11-9-28/h3-7,12-13,15-17,29H,8-11,14,18H2,1-2H3,(H,30,31). The van der Waals surface area contributed by atoms with Gasteiger partial charge in [-0.25, -0.2) is 0 Å². The third-order valence-corrected chi connectivity index (χ3v) is 6.47. The first kappa shape index (κ1) is 23.2. The molecule has 1 fully saturated rings. The lowest BCUT2D eigenvalue weighted by Gasteiger charge is -2.41. The number of ether oxygens (including phenoxy) is 4. The zero-order valence-electron chi connectivity index (χ0n) is 20.1. The summed E-state index contributed by atoms with van der Waals surface area (Å²) in [5.41, 5.74) is 4.65. The summed E-state index contributed by atoms with van der Waals surface area (Å²) >= 11 is 0. The van der Waals surface area contributed by atoms with Crippen molar-refractivity contribution in [2.75, 3.05) is 32.6 Å². The minimum Gasteiger partial charge on any atom is -0.497 e. The van der Waals surface area contributed by atoms with Crippen LogP contribution in [0.5, 0.6) is 17.2 Å². The summed E-state index contributed by atoms with van der Waals surface area (Å²) in [6.07, 6.45) is 1.90. The van der Waals surface area contributed by atoms with E-state index in [4.69, 9.17) is 18.9 Å². The first-order valence-corrected chi connectivity index (χ1v) is 11.8. The van der Waals surface area contributed by atoms with Crippen molar-refractivity contribution in [3.05, 3.63) is 71.8 Å². The van der Waals surface area contributed by atoms with Gasteiger partial charge >= 0.3 is 0 Å². The Kier molecular flexibility index (Phi) is 6.61. The Hall–Kier alpha value is -3.55. The molecule has 0 saturated carbocycles. The fourth-order valence-electron chi connectivity index (χ4n) is 4.60. The summed E-state index contributed by atoms with van der Waals surface area (Å²) in [7, 11) is 3.18. The lowest BCUT2D eigenvalue weighted by Crippen LogP contribution is -2.49. The van der Waals surface area contributed by atoms with Crippen molar-refractivity contribution in [2.45, 2.75) is 31.7 Å². The van der Waals surface area contributed by atoms with Crippen LogP contribution in [0.1, 0.15) is 24.0 Å². The Balaban J connectivity index is 1.28. The van der Waals surface area contributed by atoms with Gasteiger partial charge in [0.05, 0.1) is 27.2 Å². The molecule has 7 nitrogen and oxygen atoms in total. The highest BCUT2D eigenvalue weighted by molar-refractivity contribution is 5.93. The summed E-state index contributed by atoms with van der Waals surface area (Å²) in [5.74, 6) is 1.58. The van der Waals surface area contributed by atoms with Gasteiger partial charge in [0.2, 0.25) is 11.7 Å². The zero-order valence-corrected chi connectivity index (χ0v) is 20.1. The Bertz CT molecular complexity index is 1200. The van der Waals surface area contributed by atoms with E-state index in [2.05, 4.69) is 22.8 Å². The van der Waals surface area contributed by atoms with Crippen molar-refractivity contribution in [3.63, 3.8) is 0 Å². The largest absolute Gasteiger partial charge is 0.497 e. The number of hydrogen-bond donors (Lipinski definition) is 2. The van der Waals surface area contributed by atoms with E-state index in [1.807, 2.05) is 42.5 Å². The van der Waals surface area contributed by atoms with Crippen LogP contribution in [0.4, 0.5) is 5.69 Å². The molecule has 182 valence electrons. The predicted molar refractivity (Wildman–Crippen MR) is 134 cm³/mol. The van der Waals surface area contributed by atoms with Crippen molar-refractivity contribution >= 4 is 11.6 Å². The number of nitrogens with one attached hydrogen (secondary N) is 2. The predicted octanol–water partition coefficient (Wildman–Crippen LogP) is 4.54. The maximum Gasteiger partial charge on any atom is 0.228 e. The van der Waals surface area contributed by atoms with E-state index in [0.717, 1.165) is 59.6 Å². The Morgan fingerprint density at radius 3 is 2.46 bits per heavy atom. The summed E-state index contributed by atoms with van der Waals surface area (Å²) in [6, 6.07) is 19.5. The van der Waals surface area contributed by atoms with E-state index in [1.165, 1.54) is 0 Å². The van der Waals surface area contributed by atoms with Gasteiger partial charge in [-0.3, -0.25) is 4.79 Å². The second kappa shape index (κ2) is 9.98. The fraction of sp³-hybridized carbons (Fsp3) is 0.321. The van der Waals surface area contributed by atoms with Gasteiger partial charge in [0, 0.05) is 43.2 Å². The first-order chi connectivity index (χ1) is 17.1. The number of amides is 1. The molecule has 0 atom stereocenters. The lowest BCUT2D eigenvalue weighted by atomic mass is 9.99. The molecule has 7 heteroatoms. The molecule has 1 saturated heterocycles. The number of hydrogen-bond acceptors (Lipinski definition) is 6. The van der Waals surface area contributed by atoms with Crippen LogP contribution in [-0.2, 0) is 22.6 Å². The topological polar surface area (TPSA) is 78.1 Å². The van der Waals surface area contributed by atoms with Crippen LogP contribution in [-0.4, -0.2) is 39.0 Å². The average molecular weight is 475 g/mol. The van der Waals surface area contributed by atoms with Gasteiger partial charge in [-0.2, -0.15) is 0 Å². The highest BCUT2D eigenvalue weighted by Gasteiger charge is 2.38. The number of piperidine rings is 1. The molecule has 1 amide bonds. The molecule has 1 spiro atoms. The minimum atomic E-state index is -0.503. The maximum atomic E-state index is 12.7. The quantitative estimate of drug-likeness (QED) is 0.546. The molecular weight excluding hydrogens is 444 g/mol. The van der Waals surface area contributed by atoms with Crippen LogP contribution in [0.25, 0.3) is 11.1 Å².